The highest BCUT2D eigenvalue weighted by Gasteiger charge is 2.27. The van der Waals surface area contributed by atoms with Gasteiger partial charge in [0.25, 0.3) is 0 Å². The van der Waals surface area contributed by atoms with E-state index < -0.39 is 13.7 Å². The molecule has 8 heteroatoms. The monoisotopic (exact) mass is 328 g/mol. The Hall–Kier alpha value is -1.69. The first-order valence-electron chi connectivity index (χ1n) is 6.93. The molecule has 1 amide bonds. The maximum atomic E-state index is 12.6. The molecule has 0 atom stereocenters. The summed E-state index contributed by atoms with van der Waals surface area (Å²) in [5.74, 6) is 0. The van der Waals surface area contributed by atoms with E-state index >= 15 is 0 Å². The van der Waals surface area contributed by atoms with E-state index in [0.717, 1.165) is 0 Å². The molecule has 0 radical (unpaired) electrons. The number of oxime groups is 1. The van der Waals surface area contributed by atoms with Gasteiger partial charge in [0.1, 0.15) is 0 Å². The fraction of sp³-hybridized carbons (Fsp3) is 0.429. The van der Waals surface area contributed by atoms with Gasteiger partial charge in [0.15, 0.2) is 0 Å². The summed E-state index contributed by atoms with van der Waals surface area (Å²) in [6, 6.07) is 8.99. The second-order valence-electron chi connectivity index (χ2n) is 4.14. The Bertz CT molecular complexity index is 537. The van der Waals surface area contributed by atoms with E-state index in [0.29, 0.717) is 11.3 Å². The largest absolute Gasteiger partial charge is 0.433 e. The topological polar surface area (TPSA) is 86.2 Å². The number of benzene rings is 1. The molecule has 7 nitrogen and oxygen atoms in total. The van der Waals surface area contributed by atoms with Gasteiger partial charge in [-0.25, -0.2) is 4.79 Å². The summed E-state index contributed by atoms with van der Waals surface area (Å²) in [7, 11) is -1.93. The van der Waals surface area contributed by atoms with Crippen LogP contribution in [-0.4, -0.2) is 38.2 Å². The lowest BCUT2D eigenvalue weighted by molar-refractivity contribution is 0.153. The summed E-state index contributed by atoms with van der Waals surface area (Å²) in [6.07, 6.45) is -0.800. The number of carbonyl (C=O) groups is 1. The quantitative estimate of drug-likeness (QED) is 0.343. The van der Waals surface area contributed by atoms with Crippen molar-refractivity contribution < 1.29 is 23.2 Å². The van der Waals surface area contributed by atoms with Crippen LogP contribution in [0.15, 0.2) is 35.5 Å². The normalized spacial score (nSPS) is 12.0. The van der Waals surface area contributed by atoms with E-state index in [2.05, 4.69) is 10.5 Å². The predicted octanol–water partition coefficient (Wildman–Crippen LogP) is 3.01. The van der Waals surface area contributed by atoms with E-state index in [1.54, 1.807) is 38.1 Å². The number of nitrogens with one attached hydrogen (secondary N) is 1. The van der Waals surface area contributed by atoms with E-state index in [9.17, 15) is 9.36 Å². The fourth-order valence-electron chi connectivity index (χ4n) is 1.65. The standard InChI is InChI=1S/C14H21N2O5P/c1-4-19-22(18,20-5-2)11-13(16-21-14(17)15-3)12-9-7-6-8-10-12/h6-10H,4-5,11H2,1-3H3,(H,15,17). The molecule has 0 aliphatic carbocycles. The lowest BCUT2D eigenvalue weighted by atomic mass is 10.1. The minimum absolute atomic E-state index is 0.0876. The maximum Gasteiger partial charge on any atom is 0.433 e. The van der Waals surface area contributed by atoms with Crippen LogP contribution in [0.3, 0.4) is 0 Å². The van der Waals surface area contributed by atoms with Gasteiger partial charge >= 0.3 is 13.7 Å². The van der Waals surface area contributed by atoms with Crippen molar-refractivity contribution in [2.24, 2.45) is 5.16 Å². The molecule has 1 aromatic rings. The molecular weight excluding hydrogens is 307 g/mol. The highest BCUT2D eigenvalue weighted by Crippen LogP contribution is 2.48. The van der Waals surface area contributed by atoms with Gasteiger partial charge in [-0.1, -0.05) is 35.5 Å². The van der Waals surface area contributed by atoms with E-state index in [1.807, 2.05) is 6.07 Å². The number of carbonyl (C=O) groups excluding carboxylic acids is 1. The molecule has 0 aliphatic heterocycles. The average Bonchev–Trinajstić information content (AvgIpc) is 2.52. The molecule has 1 N–H and O–H groups in total. The SMILES string of the molecule is CCOP(=O)(CC(=NOC(=O)NC)c1ccccc1)OCC. The van der Waals surface area contributed by atoms with Gasteiger partial charge in [-0.2, -0.15) is 0 Å². The Morgan fingerprint density at radius 3 is 2.27 bits per heavy atom. The van der Waals surface area contributed by atoms with E-state index in [4.69, 9.17) is 13.9 Å². The summed E-state index contributed by atoms with van der Waals surface area (Å²) in [6.45, 7) is 3.95. The van der Waals surface area contributed by atoms with Crippen molar-refractivity contribution in [3.63, 3.8) is 0 Å². The van der Waals surface area contributed by atoms with Crippen molar-refractivity contribution in [1.82, 2.24) is 5.32 Å². The van der Waals surface area contributed by atoms with Crippen molar-refractivity contribution in [2.75, 3.05) is 26.4 Å². The molecular formula is C14H21N2O5P. The molecule has 1 rings (SSSR count). The van der Waals surface area contributed by atoms with Crippen LogP contribution in [0.2, 0.25) is 0 Å². The molecule has 0 spiro atoms. The minimum atomic E-state index is -3.35. The zero-order valence-corrected chi connectivity index (χ0v) is 13.8. The van der Waals surface area contributed by atoms with Crippen LogP contribution in [0.25, 0.3) is 0 Å². The van der Waals surface area contributed by atoms with Crippen molar-refractivity contribution in [2.45, 2.75) is 13.8 Å². The zero-order chi connectivity index (χ0) is 16.4. The first kappa shape index (κ1) is 18.4. The van der Waals surface area contributed by atoms with Crippen molar-refractivity contribution >= 4 is 19.4 Å². The Labute approximate surface area is 130 Å². The summed E-state index contributed by atoms with van der Waals surface area (Å²) in [4.78, 5) is 15.9. The molecule has 122 valence electrons. The van der Waals surface area contributed by atoms with Crippen molar-refractivity contribution in [3.05, 3.63) is 35.9 Å². The van der Waals surface area contributed by atoms with Gasteiger partial charge in [0.05, 0.1) is 25.1 Å². The Balaban J connectivity index is 3.04. The Morgan fingerprint density at radius 2 is 1.77 bits per heavy atom. The second-order valence-corrected chi connectivity index (χ2v) is 6.19. The van der Waals surface area contributed by atoms with Gasteiger partial charge in [-0.05, 0) is 19.4 Å². The van der Waals surface area contributed by atoms with E-state index in [1.165, 1.54) is 7.05 Å². The van der Waals surface area contributed by atoms with Gasteiger partial charge in [-0.15, -0.1) is 0 Å². The molecule has 0 aliphatic rings. The zero-order valence-electron chi connectivity index (χ0n) is 12.9. The average molecular weight is 328 g/mol. The third-order valence-corrected chi connectivity index (χ3v) is 4.53. The Morgan fingerprint density at radius 1 is 1.18 bits per heavy atom. The second kappa shape index (κ2) is 9.35. The highest BCUT2D eigenvalue weighted by atomic mass is 31.2. The molecule has 0 heterocycles. The number of hydrogen-bond acceptors (Lipinski definition) is 6. The maximum absolute atomic E-state index is 12.6. The molecule has 22 heavy (non-hydrogen) atoms. The molecule has 0 bridgehead atoms. The molecule has 0 saturated heterocycles. The summed E-state index contributed by atoms with van der Waals surface area (Å²) in [5.41, 5.74) is 0.987. The van der Waals surface area contributed by atoms with Crippen LogP contribution < -0.4 is 5.32 Å². The fourth-order valence-corrected chi connectivity index (χ4v) is 3.30. The van der Waals surface area contributed by atoms with Gasteiger partial charge in [0.2, 0.25) is 0 Å². The van der Waals surface area contributed by atoms with Gasteiger partial charge in [-0.3, -0.25) is 9.40 Å². The molecule has 0 saturated carbocycles. The molecule has 0 fully saturated rings. The van der Waals surface area contributed by atoms with Crippen LogP contribution in [-0.2, 0) is 18.5 Å². The number of amides is 1. The summed E-state index contributed by atoms with van der Waals surface area (Å²) in [5, 5.41) is 6.07. The summed E-state index contributed by atoms with van der Waals surface area (Å²) < 4.78 is 23.1. The minimum Gasteiger partial charge on any atom is -0.323 e. The first-order chi connectivity index (χ1) is 10.5. The number of hydrogen-bond donors (Lipinski definition) is 1. The third-order valence-electron chi connectivity index (χ3n) is 2.54. The van der Waals surface area contributed by atoms with Crippen LogP contribution in [0, 0.1) is 0 Å². The van der Waals surface area contributed by atoms with Crippen LogP contribution in [0.5, 0.6) is 0 Å². The van der Waals surface area contributed by atoms with Gasteiger partial charge < -0.3 is 14.4 Å². The smallest absolute Gasteiger partial charge is 0.323 e. The highest BCUT2D eigenvalue weighted by molar-refractivity contribution is 7.55. The predicted molar refractivity (Wildman–Crippen MR) is 84.2 cm³/mol. The molecule has 0 aromatic heterocycles. The molecule has 1 aromatic carbocycles. The van der Waals surface area contributed by atoms with Gasteiger partial charge in [0, 0.05) is 7.05 Å². The van der Waals surface area contributed by atoms with Crippen LogP contribution >= 0.6 is 7.60 Å². The Kier molecular flexibility index (Phi) is 7.80. The van der Waals surface area contributed by atoms with E-state index in [-0.39, 0.29) is 19.4 Å². The molecule has 0 unspecified atom stereocenters. The van der Waals surface area contributed by atoms with Crippen molar-refractivity contribution in [1.29, 1.82) is 0 Å². The number of nitrogens with zero attached hydrogens (tertiary/aromatic N) is 1. The first-order valence-corrected chi connectivity index (χ1v) is 8.66. The number of rotatable bonds is 8. The van der Waals surface area contributed by atoms with Crippen LogP contribution in [0.1, 0.15) is 19.4 Å². The lowest BCUT2D eigenvalue weighted by Gasteiger charge is -2.17. The summed E-state index contributed by atoms with van der Waals surface area (Å²) >= 11 is 0. The van der Waals surface area contributed by atoms with Crippen molar-refractivity contribution in [3.8, 4) is 0 Å². The van der Waals surface area contributed by atoms with Crippen LogP contribution in [0.4, 0.5) is 4.79 Å². The lowest BCUT2D eigenvalue weighted by Crippen LogP contribution is -2.19. The third kappa shape index (κ3) is 5.97.